The van der Waals surface area contributed by atoms with Crippen LogP contribution in [0.1, 0.15) is 17.0 Å². The maximum Gasteiger partial charge on any atom is 0.148 e. The zero-order chi connectivity index (χ0) is 18.0. The van der Waals surface area contributed by atoms with E-state index in [2.05, 4.69) is 96.5 Å². The van der Waals surface area contributed by atoms with Crippen LogP contribution < -0.4 is 4.74 Å². The average Bonchev–Trinajstić information content (AvgIpc) is 3.24. The third-order valence-electron chi connectivity index (χ3n) is 5.76. The van der Waals surface area contributed by atoms with Gasteiger partial charge in [-0.1, -0.05) is 60.7 Å². The lowest BCUT2D eigenvalue weighted by molar-refractivity contribution is 0.268. The van der Waals surface area contributed by atoms with Gasteiger partial charge in [-0.2, -0.15) is 0 Å². The Morgan fingerprint density at radius 2 is 1.48 bits per heavy atom. The molecule has 130 valence electrons. The molecule has 6 rings (SSSR count). The van der Waals surface area contributed by atoms with Crippen LogP contribution in [0.4, 0.5) is 0 Å². The van der Waals surface area contributed by atoms with Crippen LogP contribution in [0.2, 0.25) is 0 Å². The van der Waals surface area contributed by atoms with Gasteiger partial charge in [-0.25, -0.2) is 0 Å². The summed E-state index contributed by atoms with van der Waals surface area (Å²) in [6.45, 7) is 2.17. The van der Waals surface area contributed by atoms with Crippen molar-refractivity contribution in [3.63, 3.8) is 0 Å². The maximum absolute atomic E-state index is 6.46. The highest BCUT2D eigenvalue weighted by atomic mass is 16.5. The number of nitrogens with zero attached hydrogens (tertiary/aromatic N) is 1. The fourth-order valence-electron chi connectivity index (χ4n) is 4.62. The number of hydrogen-bond acceptors (Lipinski definition) is 1. The molecule has 2 atom stereocenters. The Kier molecular flexibility index (Phi) is 2.96. The highest BCUT2D eigenvalue weighted by molar-refractivity contribution is 6.09. The summed E-state index contributed by atoms with van der Waals surface area (Å²) >= 11 is 0. The predicted molar refractivity (Wildman–Crippen MR) is 111 cm³/mol. The number of para-hydroxylation sites is 2. The zero-order valence-corrected chi connectivity index (χ0v) is 15.1. The summed E-state index contributed by atoms with van der Waals surface area (Å²) in [5.41, 5.74) is 6.13. The lowest BCUT2D eigenvalue weighted by atomic mass is 9.91. The van der Waals surface area contributed by atoms with Crippen LogP contribution in [0.25, 0.3) is 27.5 Å². The summed E-state index contributed by atoms with van der Waals surface area (Å²) in [7, 11) is 0. The van der Waals surface area contributed by atoms with Gasteiger partial charge in [0.1, 0.15) is 11.9 Å². The second kappa shape index (κ2) is 5.37. The van der Waals surface area contributed by atoms with Crippen LogP contribution >= 0.6 is 0 Å². The maximum atomic E-state index is 6.46. The molecule has 2 heterocycles. The number of aromatic nitrogens is 1. The minimum atomic E-state index is 0.0960. The van der Waals surface area contributed by atoms with Gasteiger partial charge in [0.25, 0.3) is 0 Å². The number of hydrogen-bond donors (Lipinski definition) is 0. The molecule has 27 heavy (non-hydrogen) atoms. The number of allylic oxidation sites excluding steroid dienone is 2. The van der Waals surface area contributed by atoms with E-state index in [1.807, 2.05) is 0 Å². The van der Waals surface area contributed by atoms with Crippen molar-refractivity contribution in [3.8, 4) is 11.4 Å². The van der Waals surface area contributed by atoms with Crippen LogP contribution in [-0.4, -0.2) is 10.7 Å². The van der Waals surface area contributed by atoms with Crippen molar-refractivity contribution in [2.75, 3.05) is 0 Å². The number of fused-ring (bicyclic) bond motifs is 6. The molecule has 0 bridgehead atoms. The third-order valence-corrected chi connectivity index (χ3v) is 5.76. The Hall–Kier alpha value is -3.26. The van der Waals surface area contributed by atoms with Gasteiger partial charge < -0.3 is 9.30 Å². The first kappa shape index (κ1) is 14.9. The molecule has 0 saturated carbocycles. The van der Waals surface area contributed by atoms with Crippen molar-refractivity contribution in [2.45, 2.75) is 18.9 Å². The average molecular weight is 349 g/mol. The Balaban J connectivity index is 1.72. The summed E-state index contributed by atoms with van der Waals surface area (Å²) in [6, 6.07) is 21.8. The van der Waals surface area contributed by atoms with Crippen LogP contribution in [0.3, 0.4) is 0 Å². The molecule has 2 nitrogen and oxygen atoms in total. The molecular weight excluding hydrogens is 330 g/mol. The smallest absolute Gasteiger partial charge is 0.148 e. The van der Waals surface area contributed by atoms with Crippen LogP contribution in [0.5, 0.6) is 5.75 Å². The highest BCUT2D eigenvalue weighted by Gasteiger charge is 2.34. The molecule has 2 aliphatic rings. The quantitative estimate of drug-likeness (QED) is 0.407. The molecule has 1 aromatic heterocycles. The topological polar surface area (TPSA) is 14.2 Å². The lowest BCUT2D eigenvalue weighted by Crippen LogP contribution is -2.15. The molecule has 0 fully saturated rings. The Labute approximate surface area is 158 Å². The van der Waals surface area contributed by atoms with E-state index in [1.165, 1.54) is 32.9 Å². The zero-order valence-electron chi connectivity index (χ0n) is 15.1. The SMILES string of the molecule is Cc1cc2c(c(-n3c4ccccc4c4ccccc43)c1)OC1C=CC=CC21. The molecule has 0 saturated heterocycles. The van der Waals surface area contributed by atoms with Gasteiger partial charge in [0.05, 0.1) is 16.7 Å². The van der Waals surface area contributed by atoms with Crippen molar-refractivity contribution < 1.29 is 4.74 Å². The van der Waals surface area contributed by atoms with E-state index >= 15 is 0 Å². The van der Waals surface area contributed by atoms with E-state index < -0.39 is 0 Å². The van der Waals surface area contributed by atoms with E-state index in [4.69, 9.17) is 4.74 Å². The first-order chi connectivity index (χ1) is 13.3. The second-order valence-electron chi connectivity index (χ2n) is 7.45. The van der Waals surface area contributed by atoms with Gasteiger partial charge >= 0.3 is 0 Å². The number of ether oxygens (including phenoxy) is 1. The summed E-state index contributed by atoms with van der Waals surface area (Å²) < 4.78 is 8.82. The van der Waals surface area contributed by atoms with Crippen molar-refractivity contribution in [3.05, 3.63) is 96.1 Å². The molecule has 0 N–H and O–H groups in total. The Morgan fingerprint density at radius 1 is 0.815 bits per heavy atom. The first-order valence-corrected chi connectivity index (χ1v) is 9.46. The minimum Gasteiger partial charge on any atom is -0.483 e. The molecule has 0 spiro atoms. The minimum absolute atomic E-state index is 0.0960. The molecule has 1 aliphatic carbocycles. The lowest BCUT2D eigenvalue weighted by Gasteiger charge is -2.14. The summed E-state index contributed by atoms with van der Waals surface area (Å²) in [4.78, 5) is 0. The van der Waals surface area contributed by atoms with Gasteiger partial charge in [-0.15, -0.1) is 0 Å². The molecule has 4 aromatic rings. The third kappa shape index (κ3) is 2.01. The summed E-state index contributed by atoms with van der Waals surface area (Å²) in [5, 5.41) is 2.55. The van der Waals surface area contributed by atoms with Gasteiger partial charge in [0, 0.05) is 22.3 Å². The Morgan fingerprint density at radius 3 is 2.22 bits per heavy atom. The Bertz CT molecular complexity index is 1220. The molecule has 1 aliphatic heterocycles. The standard InChI is InChI=1S/C25H19NO/c1-16-14-20-19-10-4-7-13-24(19)27-25(20)23(15-16)26-21-11-5-2-8-17(21)18-9-3-6-12-22(18)26/h2-15,19,24H,1H3. The predicted octanol–water partition coefficient (Wildman–Crippen LogP) is 6.06. The molecule has 0 radical (unpaired) electrons. The van der Waals surface area contributed by atoms with E-state index in [0.29, 0.717) is 5.92 Å². The fraction of sp³-hybridized carbons (Fsp3) is 0.120. The number of aryl methyl sites for hydroxylation is 1. The molecular formula is C25H19NO. The van der Waals surface area contributed by atoms with Crippen LogP contribution in [0, 0.1) is 6.92 Å². The summed E-state index contributed by atoms with van der Waals surface area (Å²) in [5.74, 6) is 1.31. The number of rotatable bonds is 1. The van der Waals surface area contributed by atoms with Crippen LogP contribution in [-0.2, 0) is 0 Å². The second-order valence-corrected chi connectivity index (χ2v) is 7.45. The van der Waals surface area contributed by atoms with Gasteiger partial charge in [-0.05, 0) is 36.8 Å². The van der Waals surface area contributed by atoms with Crippen LogP contribution in [0.15, 0.2) is 85.0 Å². The van der Waals surface area contributed by atoms with E-state index in [-0.39, 0.29) is 6.10 Å². The normalized spacial score (nSPS) is 20.0. The largest absolute Gasteiger partial charge is 0.483 e. The fourth-order valence-corrected chi connectivity index (χ4v) is 4.62. The number of benzene rings is 3. The van der Waals surface area contributed by atoms with E-state index in [0.717, 1.165) is 11.4 Å². The van der Waals surface area contributed by atoms with Crippen molar-refractivity contribution in [2.24, 2.45) is 0 Å². The van der Waals surface area contributed by atoms with Gasteiger partial charge in [0.2, 0.25) is 0 Å². The highest BCUT2D eigenvalue weighted by Crippen LogP contribution is 2.46. The van der Waals surface area contributed by atoms with E-state index in [9.17, 15) is 0 Å². The molecule has 2 unspecified atom stereocenters. The first-order valence-electron chi connectivity index (χ1n) is 9.46. The van der Waals surface area contributed by atoms with Crippen molar-refractivity contribution >= 4 is 21.8 Å². The monoisotopic (exact) mass is 349 g/mol. The van der Waals surface area contributed by atoms with Crippen molar-refractivity contribution in [1.82, 2.24) is 4.57 Å². The molecule has 2 heteroatoms. The van der Waals surface area contributed by atoms with Gasteiger partial charge in [0.15, 0.2) is 0 Å². The van der Waals surface area contributed by atoms with E-state index in [1.54, 1.807) is 0 Å². The molecule has 3 aromatic carbocycles. The summed E-state index contributed by atoms with van der Waals surface area (Å²) in [6.07, 6.45) is 8.72. The van der Waals surface area contributed by atoms with Gasteiger partial charge in [-0.3, -0.25) is 0 Å². The molecule has 0 amide bonds. The van der Waals surface area contributed by atoms with Crippen molar-refractivity contribution in [1.29, 1.82) is 0 Å².